The molecule has 0 unspecified atom stereocenters. The molecule has 0 saturated carbocycles. The molecule has 0 aliphatic heterocycles. The number of nitrogens with one attached hydrogen (secondary N) is 1. The predicted octanol–water partition coefficient (Wildman–Crippen LogP) is 5.02. The van der Waals surface area contributed by atoms with Crippen LogP contribution in [0.2, 0.25) is 0 Å². The molecule has 5 rings (SSSR count). The number of nitrogens with zero attached hydrogens (tertiary/aromatic N) is 2. The molecule has 0 aliphatic carbocycles. The number of sulfone groups is 1. The van der Waals surface area contributed by atoms with Crippen molar-refractivity contribution in [2.24, 2.45) is 0 Å². The summed E-state index contributed by atoms with van der Waals surface area (Å²) in [5, 5.41) is 8.53. The molecule has 2 heterocycles. The van der Waals surface area contributed by atoms with Crippen molar-refractivity contribution < 1.29 is 17.6 Å². The Kier molecular flexibility index (Phi) is 6.26. The minimum atomic E-state index is -3.26. The van der Waals surface area contributed by atoms with Gasteiger partial charge in [-0.05, 0) is 48.0 Å². The van der Waals surface area contributed by atoms with Gasteiger partial charge in [-0.15, -0.1) is 0 Å². The van der Waals surface area contributed by atoms with Crippen molar-refractivity contribution >= 4 is 32.8 Å². The highest BCUT2D eigenvalue weighted by atomic mass is 32.2. The van der Waals surface area contributed by atoms with E-state index in [-0.39, 0.29) is 17.3 Å². The quantitative estimate of drug-likeness (QED) is 0.319. The fraction of sp³-hybridized carbons (Fsp3) is 0.0714. The largest absolute Gasteiger partial charge is 0.454 e. The molecule has 0 radical (unpaired) electrons. The maximum atomic E-state index is 12.5. The van der Waals surface area contributed by atoms with Crippen molar-refractivity contribution in [3.63, 3.8) is 0 Å². The van der Waals surface area contributed by atoms with E-state index in [9.17, 15) is 13.2 Å². The molecule has 180 valence electrons. The van der Waals surface area contributed by atoms with E-state index >= 15 is 0 Å². The topological polar surface area (TPSA) is 94.2 Å². The van der Waals surface area contributed by atoms with Gasteiger partial charge in [0, 0.05) is 36.0 Å². The molecule has 0 spiro atoms. The summed E-state index contributed by atoms with van der Waals surface area (Å²) >= 11 is 0. The summed E-state index contributed by atoms with van der Waals surface area (Å²) in [7, 11) is -3.26. The summed E-state index contributed by atoms with van der Waals surface area (Å²) in [6.07, 6.45) is 6.17. The molecule has 2 aromatic heterocycles. The Labute approximate surface area is 208 Å². The number of carbonyl (C=O) groups excluding carboxylic acids is 1. The summed E-state index contributed by atoms with van der Waals surface area (Å²) in [4.78, 5) is 12.8. The van der Waals surface area contributed by atoms with Crippen molar-refractivity contribution in [3.05, 3.63) is 108 Å². The SMILES string of the molecule is CS(=O)(=O)c1ccc(CNC(=O)/C=C/c2cn(-c3ccccc3)nc2-c2cc3ccccc3o2)cc1. The second-order valence-electron chi connectivity index (χ2n) is 8.33. The Bertz CT molecular complexity index is 1630. The molecule has 5 aromatic rings. The zero-order chi connectivity index (χ0) is 25.1. The number of furan rings is 1. The Hall–Kier alpha value is -4.43. The second-order valence-corrected chi connectivity index (χ2v) is 10.3. The summed E-state index contributed by atoms with van der Waals surface area (Å²) in [6, 6.07) is 25.8. The molecule has 1 amide bonds. The standard InChI is InChI=1S/C28H23N3O4S/c1-36(33,34)24-14-11-20(12-15-24)18-29-27(32)16-13-22-19-31(23-8-3-2-4-9-23)30-28(22)26-17-21-7-5-6-10-25(21)35-26/h2-17,19H,18H2,1H3,(H,29,32)/b16-13+. The van der Waals surface area contributed by atoms with Gasteiger partial charge in [-0.3, -0.25) is 4.79 Å². The molecule has 8 heteroatoms. The van der Waals surface area contributed by atoms with Gasteiger partial charge in [0.2, 0.25) is 5.91 Å². The summed E-state index contributed by atoms with van der Waals surface area (Å²) in [5.41, 5.74) is 3.79. The molecule has 0 saturated heterocycles. The maximum Gasteiger partial charge on any atom is 0.244 e. The van der Waals surface area contributed by atoms with Gasteiger partial charge in [-0.1, -0.05) is 48.5 Å². The van der Waals surface area contributed by atoms with Gasteiger partial charge in [0.25, 0.3) is 0 Å². The lowest BCUT2D eigenvalue weighted by molar-refractivity contribution is -0.116. The Morgan fingerprint density at radius 3 is 2.44 bits per heavy atom. The van der Waals surface area contributed by atoms with Gasteiger partial charge in [-0.2, -0.15) is 5.10 Å². The summed E-state index contributed by atoms with van der Waals surface area (Å²) < 4.78 is 31.0. The number of amides is 1. The van der Waals surface area contributed by atoms with E-state index in [0.717, 1.165) is 34.0 Å². The van der Waals surface area contributed by atoms with Crippen LogP contribution in [0.1, 0.15) is 11.1 Å². The Morgan fingerprint density at radius 2 is 1.72 bits per heavy atom. The van der Waals surface area contributed by atoms with Gasteiger partial charge >= 0.3 is 0 Å². The smallest absolute Gasteiger partial charge is 0.244 e. The fourth-order valence-electron chi connectivity index (χ4n) is 3.78. The molecule has 36 heavy (non-hydrogen) atoms. The van der Waals surface area contributed by atoms with Crippen molar-refractivity contribution in [2.45, 2.75) is 11.4 Å². The third-order valence-corrected chi connectivity index (χ3v) is 6.78. The van der Waals surface area contributed by atoms with Gasteiger partial charge in [0.1, 0.15) is 11.3 Å². The molecule has 0 aliphatic rings. The monoisotopic (exact) mass is 497 g/mol. The number of aromatic nitrogens is 2. The summed E-state index contributed by atoms with van der Waals surface area (Å²) in [6.45, 7) is 0.271. The first-order valence-electron chi connectivity index (χ1n) is 11.3. The van der Waals surface area contributed by atoms with E-state index in [1.54, 1.807) is 22.9 Å². The fourth-order valence-corrected chi connectivity index (χ4v) is 4.41. The summed E-state index contributed by atoms with van der Waals surface area (Å²) in [5.74, 6) is 0.321. The number of fused-ring (bicyclic) bond motifs is 1. The number of carbonyl (C=O) groups is 1. The number of para-hydroxylation sites is 2. The molecule has 0 atom stereocenters. The van der Waals surface area contributed by atoms with Crippen LogP contribution in [-0.4, -0.2) is 30.4 Å². The second kappa shape index (κ2) is 9.67. The van der Waals surface area contributed by atoms with E-state index in [4.69, 9.17) is 9.52 Å². The van der Waals surface area contributed by atoms with Crippen LogP contribution in [-0.2, 0) is 21.2 Å². The number of hydrogen-bond donors (Lipinski definition) is 1. The van der Waals surface area contributed by atoms with Crippen molar-refractivity contribution in [3.8, 4) is 17.1 Å². The van der Waals surface area contributed by atoms with E-state index in [0.29, 0.717) is 11.5 Å². The lowest BCUT2D eigenvalue weighted by Gasteiger charge is -2.04. The van der Waals surface area contributed by atoms with Gasteiger partial charge in [0.05, 0.1) is 10.6 Å². The molecule has 0 bridgehead atoms. The number of benzene rings is 3. The molecule has 0 fully saturated rings. The van der Waals surface area contributed by atoms with Crippen LogP contribution in [0.3, 0.4) is 0 Å². The predicted molar refractivity (Wildman–Crippen MR) is 139 cm³/mol. The van der Waals surface area contributed by atoms with Crippen molar-refractivity contribution in [1.29, 1.82) is 0 Å². The first kappa shape index (κ1) is 23.3. The Balaban J connectivity index is 1.38. The lowest BCUT2D eigenvalue weighted by atomic mass is 10.1. The molecular formula is C28H23N3O4S. The zero-order valence-electron chi connectivity index (χ0n) is 19.5. The molecule has 3 aromatic carbocycles. The molecular weight excluding hydrogens is 474 g/mol. The average Bonchev–Trinajstić information content (AvgIpc) is 3.51. The number of hydrogen-bond acceptors (Lipinski definition) is 5. The van der Waals surface area contributed by atoms with Crippen LogP contribution in [0, 0.1) is 0 Å². The number of rotatable bonds is 7. The molecule has 1 N–H and O–H groups in total. The highest BCUT2D eigenvalue weighted by molar-refractivity contribution is 7.90. The van der Waals surface area contributed by atoms with Crippen LogP contribution in [0.15, 0.2) is 107 Å². The van der Waals surface area contributed by atoms with E-state index < -0.39 is 9.84 Å². The van der Waals surface area contributed by atoms with Crippen molar-refractivity contribution in [1.82, 2.24) is 15.1 Å². The van der Waals surface area contributed by atoms with Crippen LogP contribution in [0.5, 0.6) is 0 Å². The normalized spacial score (nSPS) is 11.8. The van der Waals surface area contributed by atoms with Gasteiger partial charge < -0.3 is 9.73 Å². The molecule has 7 nitrogen and oxygen atoms in total. The van der Waals surface area contributed by atoms with Gasteiger partial charge in [-0.25, -0.2) is 13.1 Å². The van der Waals surface area contributed by atoms with Crippen LogP contribution in [0.25, 0.3) is 34.2 Å². The zero-order valence-corrected chi connectivity index (χ0v) is 20.3. The van der Waals surface area contributed by atoms with E-state index in [1.807, 2.05) is 66.9 Å². The van der Waals surface area contributed by atoms with E-state index in [1.165, 1.54) is 18.2 Å². The average molecular weight is 498 g/mol. The minimum absolute atomic E-state index is 0.242. The highest BCUT2D eigenvalue weighted by Gasteiger charge is 2.15. The first-order chi connectivity index (χ1) is 17.4. The first-order valence-corrected chi connectivity index (χ1v) is 13.1. The maximum absolute atomic E-state index is 12.5. The Morgan fingerprint density at radius 1 is 1.00 bits per heavy atom. The highest BCUT2D eigenvalue weighted by Crippen LogP contribution is 2.30. The minimum Gasteiger partial charge on any atom is -0.454 e. The lowest BCUT2D eigenvalue weighted by Crippen LogP contribution is -2.20. The van der Waals surface area contributed by atoms with Crippen LogP contribution >= 0.6 is 0 Å². The van der Waals surface area contributed by atoms with Crippen molar-refractivity contribution in [2.75, 3.05) is 6.26 Å². The van der Waals surface area contributed by atoms with Gasteiger partial charge in [0.15, 0.2) is 15.6 Å². The third kappa shape index (κ3) is 5.13. The van der Waals surface area contributed by atoms with E-state index in [2.05, 4.69) is 5.32 Å². The third-order valence-electron chi connectivity index (χ3n) is 5.65. The van der Waals surface area contributed by atoms with Crippen LogP contribution in [0.4, 0.5) is 0 Å². The van der Waals surface area contributed by atoms with Crippen LogP contribution < -0.4 is 5.32 Å².